The van der Waals surface area contributed by atoms with E-state index >= 15 is 0 Å². The molecule has 1 aromatic rings. The fraction of sp³-hybridized carbons (Fsp3) is 0.538. The molecule has 0 saturated carbocycles. The molecule has 0 aromatic carbocycles. The van der Waals surface area contributed by atoms with Gasteiger partial charge in [0.25, 0.3) is 0 Å². The molecule has 18 heavy (non-hydrogen) atoms. The zero-order valence-corrected chi connectivity index (χ0v) is 11.5. The Morgan fingerprint density at radius 2 is 2.50 bits per heavy atom. The number of likely N-dealkylation sites (tertiary alicyclic amines) is 1. The molecule has 2 rings (SSSR count). The molecule has 2 heterocycles. The molecule has 0 bridgehead atoms. The summed E-state index contributed by atoms with van der Waals surface area (Å²) < 4.78 is 0. The molecule has 1 aromatic heterocycles. The van der Waals surface area contributed by atoms with Crippen molar-refractivity contribution in [2.75, 3.05) is 25.0 Å². The summed E-state index contributed by atoms with van der Waals surface area (Å²) in [6.07, 6.45) is 4.21. The van der Waals surface area contributed by atoms with Crippen molar-refractivity contribution in [3.05, 3.63) is 24.0 Å². The average Bonchev–Trinajstić information content (AvgIpc) is 2.39. The van der Waals surface area contributed by atoms with Gasteiger partial charge in [-0.25, -0.2) is 0 Å². The van der Waals surface area contributed by atoms with Crippen molar-refractivity contribution in [3.63, 3.8) is 0 Å². The lowest BCUT2D eigenvalue weighted by Crippen LogP contribution is -2.41. The minimum absolute atomic E-state index is 0.345. The predicted molar refractivity (Wildman–Crippen MR) is 78.9 cm³/mol. The normalized spacial score (nSPS) is 20.6. The number of hydrogen-bond acceptors (Lipinski definition) is 4. The van der Waals surface area contributed by atoms with Crippen LogP contribution < -0.4 is 11.1 Å². The van der Waals surface area contributed by atoms with E-state index in [1.807, 2.05) is 12.1 Å². The SMILES string of the molecule is CCN1CCCC(Nc2ccnc(C(N)=S)c2)C1. The Morgan fingerprint density at radius 3 is 3.22 bits per heavy atom. The summed E-state index contributed by atoms with van der Waals surface area (Å²) in [6.45, 7) is 5.64. The van der Waals surface area contributed by atoms with Crippen molar-refractivity contribution >= 4 is 22.9 Å². The molecule has 1 aliphatic rings. The Kier molecular flexibility index (Phi) is 4.49. The highest BCUT2D eigenvalue weighted by molar-refractivity contribution is 7.80. The van der Waals surface area contributed by atoms with Crippen molar-refractivity contribution in [2.45, 2.75) is 25.8 Å². The Labute approximate surface area is 114 Å². The maximum absolute atomic E-state index is 5.59. The molecule has 0 aliphatic carbocycles. The molecule has 1 fully saturated rings. The van der Waals surface area contributed by atoms with Gasteiger partial charge in [-0.05, 0) is 38.1 Å². The Bertz CT molecular complexity index is 421. The number of aromatic nitrogens is 1. The predicted octanol–water partition coefficient (Wildman–Crippen LogP) is 1.61. The van der Waals surface area contributed by atoms with Crippen LogP contribution in [0.25, 0.3) is 0 Å². The molecule has 5 heteroatoms. The molecule has 98 valence electrons. The highest BCUT2D eigenvalue weighted by Crippen LogP contribution is 2.16. The third-order valence-corrected chi connectivity index (χ3v) is 3.55. The number of hydrogen-bond donors (Lipinski definition) is 2. The summed E-state index contributed by atoms with van der Waals surface area (Å²) in [7, 11) is 0. The topological polar surface area (TPSA) is 54.2 Å². The van der Waals surface area contributed by atoms with Gasteiger partial charge in [0.05, 0.1) is 5.69 Å². The molecule has 1 aliphatic heterocycles. The first kappa shape index (κ1) is 13.2. The summed E-state index contributed by atoms with van der Waals surface area (Å²) in [4.78, 5) is 6.96. The Hall–Kier alpha value is -1.20. The maximum Gasteiger partial charge on any atom is 0.122 e. The summed E-state index contributed by atoms with van der Waals surface area (Å²) in [5.74, 6) is 0. The van der Waals surface area contributed by atoms with Crippen LogP contribution in [0, 0.1) is 0 Å². The Balaban J connectivity index is 2.00. The lowest BCUT2D eigenvalue weighted by atomic mass is 10.1. The minimum Gasteiger partial charge on any atom is -0.388 e. The maximum atomic E-state index is 5.59. The molecule has 4 nitrogen and oxygen atoms in total. The van der Waals surface area contributed by atoms with Gasteiger partial charge in [-0.2, -0.15) is 0 Å². The second kappa shape index (κ2) is 6.11. The summed E-state index contributed by atoms with van der Waals surface area (Å²) in [6, 6.07) is 4.39. The highest BCUT2D eigenvalue weighted by atomic mass is 32.1. The summed E-state index contributed by atoms with van der Waals surface area (Å²) in [5, 5.41) is 3.54. The smallest absolute Gasteiger partial charge is 0.122 e. The fourth-order valence-electron chi connectivity index (χ4n) is 2.35. The van der Waals surface area contributed by atoms with Gasteiger partial charge in [-0.1, -0.05) is 19.1 Å². The van der Waals surface area contributed by atoms with Gasteiger partial charge in [-0.3, -0.25) is 4.98 Å². The van der Waals surface area contributed by atoms with E-state index in [9.17, 15) is 0 Å². The van der Waals surface area contributed by atoms with E-state index in [1.165, 1.54) is 19.4 Å². The second-order valence-corrected chi connectivity index (χ2v) is 5.11. The van der Waals surface area contributed by atoms with Crippen LogP contribution in [0.4, 0.5) is 5.69 Å². The van der Waals surface area contributed by atoms with Gasteiger partial charge < -0.3 is 16.0 Å². The number of anilines is 1. The van der Waals surface area contributed by atoms with E-state index in [0.717, 1.165) is 18.8 Å². The van der Waals surface area contributed by atoms with Crippen molar-refractivity contribution < 1.29 is 0 Å². The highest BCUT2D eigenvalue weighted by Gasteiger charge is 2.18. The second-order valence-electron chi connectivity index (χ2n) is 4.67. The standard InChI is InChI=1S/C13H20N4S/c1-2-17-7-3-4-11(9-17)16-10-5-6-15-12(8-10)13(14)18/h5-6,8,11H,2-4,7,9H2,1H3,(H2,14,18)(H,15,16). The molecule has 3 N–H and O–H groups in total. The summed E-state index contributed by atoms with van der Waals surface area (Å²) >= 11 is 4.94. The van der Waals surface area contributed by atoms with Crippen LogP contribution in [0.5, 0.6) is 0 Å². The van der Waals surface area contributed by atoms with E-state index in [4.69, 9.17) is 18.0 Å². The number of nitrogens with two attached hydrogens (primary N) is 1. The van der Waals surface area contributed by atoms with Gasteiger partial charge in [0, 0.05) is 24.5 Å². The number of piperidine rings is 1. The van der Waals surface area contributed by atoms with E-state index in [-0.39, 0.29) is 0 Å². The molecule has 0 radical (unpaired) electrons. The number of likely N-dealkylation sites (N-methyl/N-ethyl adjacent to an activating group) is 1. The number of nitrogens with one attached hydrogen (secondary N) is 1. The molecule has 1 atom stereocenters. The number of pyridine rings is 1. The van der Waals surface area contributed by atoms with Crippen LogP contribution in [0.2, 0.25) is 0 Å². The lowest BCUT2D eigenvalue weighted by Gasteiger charge is -2.32. The van der Waals surface area contributed by atoms with Crippen LogP contribution >= 0.6 is 12.2 Å². The Morgan fingerprint density at radius 1 is 1.67 bits per heavy atom. The molecule has 0 spiro atoms. The van der Waals surface area contributed by atoms with Crippen LogP contribution in [-0.4, -0.2) is 40.5 Å². The van der Waals surface area contributed by atoms with Gasteiger partial charge in [-0.15, -0.1) is 0 Å². The first-order chi connectivity index (χ1) is 8.69. The largest absolute Gasteiger partial charge is 0.388 e. The van der Waals surface area contributed by atoms with Crippen LogP contribution in [-0.2, 0) is 0 Å². The third kappa shape index (κ3) is 3.40. The monoisotopic (exact) mass is 264 g/mol. The molecular weight excluding hydrogens is 244 g/mol. The quantitative estimate of drug-likeness (QED) is 0.809. The van der Waals surface area contributed by atoms with E-state index in [2.05, 4.69) is 22.1 Å². The minimum atomic E-state index is 0.345. The van der Waals surface area contributed by atoms with E-state index in [0.29, 0.717) is 16.7 Å². The van der Waals surface area contributed by atoms with Crippen LogP contribution in [0.3, 0.4) is 0 Å². The van der Waals surface area contributed by atoms with E-state index in [1.54, 1.807) is 6.20 Å². The van der Waals surface area contributed by atoms with Gasteiger partial charge in [0.15, 0.2) is 0 Å². The number of thiocarbonyl (C=S) groups is 1. The lowest BCUT2D eigenvalue weighted by molar-refractivity contribution is 0.227. The molecule has 1 unspecified atom stereocenters. The zero-order chi connectivity index (χ0) is 13.0. The fourth-order valence-corrected chi connectivity index (χ4v) is 2.46. The van der Waals surface area contributed by atoms with Gasteiger partial charge in [0.1, 0.15) is 4.99 Å². The van der Waals surface area contributed by atoms with Gasteiger partial charge >= 0.3 is 0 Å². The molecule has 1 saturated heterocycles. The molecular formula is C13H20N4S. The summed E-state index contributed by atoms with van der Waals surface area (Å²) in [5.41, 5.74) is 7.32. The van der Waals surface area contributed by atoms with Crippen LogP contribution in [0.15, 0.2) is 18.3 Å². The molecule has 0 amide bonds. The van der Waals surface area contributed by atoms with Crippen LogP contribution in [0.1, 0.15) is 25.5 Å². The van der Waals surface area contributed by atoms with Crippen molar-refractivity contribution in [2.24, 2.45) is 5.73 Å². The van der Waals surface area contributed by atoms with Crippen molar-refractivity contribution in [1.29, 1.82) is 0 Å². The third-order valence-electron chi connectivity index (χ3n) is 3.34. The van der Waals surface area contributed by atoms with Gasteiger partial charge in [0.2, 0.25) is 0 Å². The zero-order valence-electron chi connectivity index (χ0n) is 10.7. The van der Waals surface area contributed by atoms with Crippen molar-refractivity contribution in [1.82, 2.24) is 9.88 Å². The van der Waals surface area contributed by atoms with E-state index < -0.39 is 0 Å². The number of nitrogens with zero attached hydrogens (tertiary/aromatic N) is 2. The van der Waals surface area contributed by atoms with Crippen molar-refractivity contribution in [3.8, 4) is 0 Å². The number of rotatable bonds is 4. The average molecular weight is 264 g/mol. The first-order valence-corrected chi connectivity index (χ1v) is 6.84. The first-order valence-electron chi connectivity index (χ1n) is 6.43.